The molecule has 0 radical (unpaired) electrons. The minimum atomic E-state index is -4.37. The van der Waals surface area contributed by atoms with Gasteiger partial charge in [0.2, 0.25) is 0 Å². The van der Waals surface area contributed by atoms with Crippen LogP contribution in [0.5, 0.6) is 0 Å². The number of hydrogen-bond acceptors (Lipinski definition) is 7. The van der Waals surface area contributed by atoms with E-state index >= 15 is 0 Å². The first-order valence-corrected chi connectivity index (χ1v) is 11.5. The van der Waals surface area contributed by atoms with Crippen LogP contribution >= 0.6 is 7.82 Å². The zero-order valence-electron chi connectivity index (χ0n) is 16.8. The van der Waals surface area contributed by atoms with E-state index in [4.69, 9.17) is 15.6 Å². The van der Waals surface area contributed by atoms with Crippen LogP contribution in [-0.4, -0.2) is 47.8 Å². The van der Waals surface area contributed by atoms with Crippen LogP contribution in [0.1, 0.15) is 77.6 Å². The van der Waals surface area contributed by atoms with Crippen molar-refractivity contribution in [1.29, 1.82) is 0 Å². The van der Waals surface area contributed by atoms with Crippen molar-refractivity contribution in [2.24, 2.45) is 5.73 Å². The van der Waals surface area contributed by atoms with Crippen LogP contribution in [0.15, 0.2) is 0 Å². The number of aliphatic carboxylic acids is 1. The van der Waals surface area contributed by atoms with Gasteiger partial charge in [-0.05, 0) is 6.42 Å². The number of rotatable bonds is 19. The normalized spacial score (nSPS) is 14.4. The Hall–Kier alpha value is -0.990. The summed E-state index contributed by atoms with van der Waals surface area (Å²) in [5.41, 5.74) is 5.15. The van der Waals surface area contributed by atoms with Gasteiger partial charge in [-0.25, -0.2) is 4.57 Å². The fourth-order valence-corrected chi connectivity index (χ4v) is 3.14. The Kier molecular flexibility index (Phi) is 16.3. The molecule has 2 atom stereocenters. The van der Waals surface area contributed by atoms with Gasteiger partial charge in [-0.15, -0.1) is 0 Å². The van der Waals surface area contributed by atoms with E-state index in [0.29, 0.717) is 6.42 Å². The van der Waals surface area contributed by atoms with Crippen LogP contribution in [-0.2, 0) is 27.9 Å². The Labute approximate surface area is 167 Å². The first kappa shape index (κ1) is 27.0. The van der Waals surface area contributed by atoms with E-state index in [9.17, 15) is 19.0 Å². The first-order valence-electron chi connectivity index (χ1n) is 10.0. The van der Waals surface area contributed by atoms with Crippen LogP contribution in [0.4, 0.5) is 0 Å². The minimum absolute atomic E-state index is 0.0743. The van der Waals surface area contributed by atoms with E-state index in [0.717, 1.165) is 19.3 Å². The highest BCUT2D eigenvalue weighted by molar-refractivity contribution is 7.47. The number of unbranched alkanes of at least 4 members (excludes halogenated alkanes) is 8. The molecule has 0 bridgehead atoms. The van der Waals surface area contributed by atoms with Gasteiger partial charge < -0.3 is 20.5 Å². The van der Waals surface area contributed by atoms with Crippen molar-refractivity contribution in [2.45, 2.75) is 83.6 Å². The Morgan fingerprint density at radius 1 is 0.929 bits per heavy atom. The number of carbonyl (C=O) groups is 2. The van der Waals surface area contributed by atoms with E-state index < -0.39 is 26.4 Å². The third-order valence-electron chi connectivity index (χ3n) is 4.03. The van der Waals surface area contributed by atoms with Gasteiger partial charge in [-0.1, -0.05) is 58.3 Å². The highest BCUT2D eigenvalue weighted by Gasteiger charge is 2.24. The smallest absolute Gasteiger partial charge is 0.472 e. The van der Waals surface area contributed by atoms with Crippen molar-refractivity contribution in [2.75, 3.05) is 19.8 Å². The molecule has 28 heavy (non-hydrogen) atoms. The van der Waals surface area contributed by atoms with Crippen molar-refractivity contribution in [3.8, 4) is 0 Å². The van der Waals surface area contributed by atoms with E-state index in [1.807, 2.05) is 0 Å². The third-order valence-corrected chi connectivity index (χ3v) is 5.01. The van der Waals surface area contributed by atoms with E-state index in [-0.39, 0.29) is 25.6 Å². The zero-order valence-corrected chi connectivity index (χ0v) is 17.7. The largest absolute Gasteiger partial charge is 0.480 e. The van der Waals surface area contributed by atoms with Crippen LogP contribution in [0.3, 0.4) is 0 Å². The lowest BCUT2D eigenvalue weighted by Gasteiger charge is -2.13. The third kappa shape index (κ3) is 17.1. The van der Waals surface area contributed by atoms with Crippen LogP contribution in [0.2, 0.25) is 0 Å². The number of ether oxygens (including phenoxy) is 1. The average Bonchev–Trinajstić information content (AvgIpc) is 2.64. The Balaban J connectivity index is 3.54. The molecule has 4 N–H and O–H groups in total. The molecule has 0 aromatic heterocycles. The van der Waals surface area contributed by atoms with Gasteiger partial charge in [0.25, 0.3) is 0 Å². The van der Waals surface area contributed by atoms with Crippen LogP contribution < -0.4 is 5.73 Å². The van der Waals surface area contributed by atoms with Crippen LogP contribution in [0, 0.1) is 0 Å². The topological polar surface area (TPSA) is 145 Å². The van der Waals surface area contributed by atoms with Crippen LogP contribution in [0.25, 0.3) is 0 Å². The maximum absolute atomic E-state index is 11.6. The number of hydrogen-bond donors (Lipinski definition) is 3. The second-order valence-corrected chi connectivity index (χ2v) is 8.15. The molecule has 0 aliphatic carbocycles. The van der Waals surface area contributed by atoms with Gasteiger partial charge in [0, 0.05) is 12.8 Å². The molecule has 9 nitrogen and oxygen atoms in total. The molecular formula is C18H36NO8P. The molecular weight excluding hydrogens is 389 g/mol. The van der Waals surface area contributed by atoms with E-state index in [1.54, 1.807) is 0 Å². The lowest BCUT2D eigenvalue weighted by atomic mass is 10.1. The molecule has 0 rings (SSSR count). The Morgan fingerprint density at radius 2 is 1.50 bits per heavy atom. The average molecular weight is 425 g/mol. The molecule has 0 aliphatic heterocycles. The summed E-state index contributed by atoms with van der Waals surface area (Å²) in [6.07, 6.45) is 11.1. The molecule has 0 fully saturated rings. The number of phosphoric acid groups is 1. The Morgan fingerprint density at radius 3 is 2.07 bits per heavy atom. The maximum atomic E-state index is 11.6. The van der Waals surface area contributed by atoms with Crippen molar-refractivity contribution in [3.63, 3.8) is 0 Å². The molecule has 10 heteroatoms. The number of esters is 1. The van der Waals surface area contributed by atoms with Crippen molar-refractivity contribution >= 4 is 19.8 Å². The van der Waals surface area contributed by atoms with Gasteiger partial charge in [-0.2, -0.15) is 0 Å². The van der Waals surface area contributed by atoms with Gasteiger partial charge in [0.15, 0.2) is 0 Å². The minimum Gasteiger partial charge on any atom is -0.480 e. The summed E-state index contributed by atoms with van der Waals surface area (Å²) in [5, 5.41) is 8.56. The predicted molar refractivity (Wildman–Crippen MR) is 105 cm³/mol. The zero-order chi connectivity index (χ0) is 21.3. The van der Waals surface area contributed by atoms with Gasteiger partial charge >= 0.3 is 19.8 Å². The number of nitrogens with two attached hydrogens (primary N) is 1. The molecule has 0 heterocycles. The van der Waals surface area contributed by atoms with Gasteiger partial charge in [0.1, 0.15) is 6.04 Å². The summed E-state index contributed by atoms with van der Waals surface area (Å²) >= 11 is 0. The molecule has 0 saturated heterocycles. The second-order valence-electron chi connectivity index (χ2n) is 6.69. The van der Waals surface area contributed by atoms with Gasteiger partial charge in [0.05, 0.1) is 19.8 Å². The van der Waals surface area contributed by atoms with Crippen molar-refractivity contribution in [1.82, 2.24) is 0 Å². The summed E-state index contributed by atoms with van der Waals surface area (Å²) in [6.45, 7) is 1.47. The highest BCUT2D eigenvalue weighted by Crippen LogP contribution is 2.43. The SMILES string of the molecule is CCCCCCCCCCCC(=O)OCCCOP(=O)(O)OC[C@H](N)C(=O)O. The molecule has 0 saturated carbocycles. The van der Waals surface area contributed by atoms with Gasteiger partial charge in [-0.3, -0.25) is 18.6 Å². The second kappa shape index (κ2) is 16.9. The maximum Gasteiger partial charge on any atom is 0.472 e. The molecule has 0 spiro atoms. The van der Waals surface area contributed by atoms with Crippen molar-refractivity contribution in [3.05, 3.63) is 0 Å². The molecule has 0 aromatic carbocycles. The summed E-state index contributed by atoms with van der Waals surface area (Å²) in [6, 6.07) is -1.41. The van der Waals surface area contributed by atoms with Crippen molar-refractivity contribution < 1.29 is 37.9 Å². The predicted octanol–water partition coefficient (Wildman–Crippen LogP) is 3.39. The summed E-state index contributed by atoms with van der Waals surface area (Å²) in [4.78, 5) is 31.4. The number of carbonyl (C=O) groups excluding carboxylic acids is 1. The molecule has 0 aliphatic rings. The lowest BCUT2D eigenvalue weighted by molar-refractivity contribution is -0.144. The molecule has 166 valence electrons. The first-order chi connectivity index (χ1) is 13.3. The lowest BCUT2D eigenvalue weighted by Crippen LogP contribution is -2.34. The number of phosphoric ester groups is 1. The standard InChI is InChI=1S/C18H36NO8P/c1-2-3-4-5-6-7-8-9-10-12-17(20)25-13-11-14-26-28(23,24)27-15-16(19)18(21)22/h16H,2-15,19H2,1H3,(H,21,22)(H,23,24)/t16-/m0/s1. The highest BCUT2D eigenvalue weighted by atomic mass is 31.2. The molecule has 0 amide bonds. The van der Waals surface area contributed by atoms with E-state index in [1.165, 1.54) is 38.5 Å². The van der Waals surface area contributed by atoms with E-state index in [2.05, 4.69) is 16.0 Å². The summed E-state index contributed by atoms with van der Waals surface area (Å²) in [7, 11) is -4.37. The quantitative estimate of drug-likeness (QED) is 0.161. The Bertz CT molecular complexity index is 475. The molecule has 1 unspecified atom stereocenters. The number of carboxylic acid groups (broad SMARTS) is 1. The monoisotopic (exact) mass is 425 g/mol. The summed E-state index contributed by atoms with van der Waals surface area (Å²) in [5.74, 6) is -1.64. The summed E-state index contributed by atoms with van der Waals surface area (Å²) < 4.78 is 25.6. The fourth-order valence-electron chi connectivity index (χ4n) is 2.36. The molecule has 0 aromatic rings. The number of carboxylic acids is 1. The fraction of sp³-hybridized carbons (Fsp3) is 0.889.